The molecule has 0 bridgehead atoms. The first-order valence-corrected chi connectivity index (χ1v) is 9.12. The topological polar surface area (TPSA) is 101 Å². The van der Waals surface area contributed by atoms with Gasteiger partial charge in [0.25, 0.3) is 5.91 Å². The molecule has 0 aromatic carbocycles. The predicted octanol–water partition coefficient (Wildman–Crippen LogP) is 1.81. The number of rotatable bonds is 4. The molecule has 0 radical (unpaired) electrons. The molecule has 3 N–H and O–H groups in total. The van der Waals surface area contributed by atoms with Crippen molar-refractivity contribution in [3.63, 3.8) is 0 Å². The van der Waals surface area contributed by atoms with Crippen molar-refractivity contribution in [2.24, 2.45) is 0 Å². The van der Waals surface area contributed by atoms with Crippen LogP contribution in [0.1, 0.15) is 39.9 Å². The number of nitrogens with two attached hydrogens (primary N) is 1. The summed E-state index contributed by atoms with van der Waals surface area (Å²) in [4.78, 5) is 36.7. The molecule has 8 heteroatoms. The molecule has 1 fully saturated rings. The van der Waals surface area contributed by atoms with Gasteiger partial charge in [-0.05, 0) is 30.9 Å². The third-order valence-electron chi connectivity index (χ3n) is 4.79. The number of nitrogens with one attached hydrogen (secondary N) is 1. The maximum atomic E-state index is 12.8. The molecule has 7 nitrogen and oxygen atoms in total. The fourth-order valence-corrected chi connectivity index (χ4v) is 4.47. The Labute approximate surface area is 149 Å². The van der Waals surface area contributed by atoms with Crippen molar-refractivity contribution in [2.75, 3.05) is 24.1 Å². The molecule has 0 atom stereocenters. The fraction of sp³-hybridized carbons (Fsp3) is 0.412. The van der Waals surface area contributed by atoms with Gasteiger partial charge < -0.3 is 10.6 Å². The molecular formula is C17H19N5O2S. The van der Waals surface area contributed by atoms with E-state index in [1.54, 1.807) is 16.2 Å². The summed E-state index contributed by atoms with van der Waals surface area (Å²) in [6.45, 7) is 2.71. The van der Waals surface area contributed by atoms with E-state index in [-0.39, 0.29) is 29.7 Å². The molecule has 1 aliphatic heterocycles. The lowest BCUT2D eigenvalue weighted by molar-refractivity contribution is -0.117. The second-order valence-corrected chi connectivity index (χ2v) is 7.78. The Morgan fingerprint density at radius 2 is 2.12 bits per heavy atom. The molecule has 0 saturated heterocycles. The van der Waals surface area contributed by atoms with Crippen LogP contribution in [0.5, 0.6) is 0 Å². The Morgan fingerprint density at radius 3 is 2.76 bits per heavy atom. The van der Waals surface area contributed by atoms with Crippen molar-refractivity contribution < 1.29 is 9.59 Å². The van der Waals surface area contributed by atoms with Crippen LogP contribution < -0.4 is 11.1 Å². The van der Waals surface area contributed by atoms with Crippen molar-refractivity contribution >= 4 is 34.8 Å². The molecule has 25 heavy (non-hydrogen) atoms. The number of anilines is 2. The number of hydrogen-bond donors (Lipinski definition) is 2. The summed E-state index contributed by atoms with van der Waals surface area (Å²) in [6, 6.07) is 2.19. The fourth-order valence-electron chi connectivity index (χ4n) is 3.28. The highest BCUT2D eigenvalue weighted by molar-refractivity contribution is 7.14. The summed E-state index contributed by atoms with van der Waals surface area (Å²) in [5, 5.41) is 2.62. The maximum Gasteiger partial charge on any atom is 0.264 e. The second kappa shape index (κ2) is 5.80. The molecule has 130 valence electrons. The normalized spacial score (nSPS) is 17.5. The monoisotopic (exact) mass is 357 g/mol. The molecule has 3 heterocycles. The molecule has 1 spiro atoms. The predicted molar refractivity (Wildman–Crippen MR) is 95.6 cm³/mol. The highest BCUT2D eigenvalue weighted by Crippen LogP contribution is 2.54. The number of carbonyl (C=O) groups excluding carboxylic acids is 2. The number of carbonyl (C=O) groups is 2. The van der Waals surface area contributed by atoms with Crippen LogP contribution in [0.3, 0.4) is 0 Å². The standard InChI is InChI=1S/C17H19N5O2S/c1-2-11-5-12-14(25-11)15(24)22(9-17(12)3-4-17)8-13(23)21-16-19-6-10(18)7-20-16/h5-7H,2-4,8-9,18H2,1H3,(H,19,20,21,23). The van der Waals surface area contributed by atoms with E-state index in [1.165, 1.54) is 22.8 Å². The molecule has 1 aliphatic carbocycles. The van der Waals surface area contributed by atoms with Crippen LogP contribution in [0.4, 0.5) is 11.6 Å². The summed E-state index contributed by atoms with van der Waals surface area (Å²) in [6.07, 6.45) is 5.94. The van der Waals surface area contributed by atoms with E-state index < -0.39 is 0 Å². The van der Waals surface area contributed by atoms with E-state index in [1.807, 2.05) is 0 Å². The van der Waals surface area contributed by atoms with Gasteiger partial charge in [0.2, 0.25) is 11.9 Å². The van der Waals surface area contributed by atoms with Crippen LogP contribution >= 0.6 is 11.3 Å². The van der Waals surface area contributed by atoms with Gasteiger partial charge in [0.1, 0.15) is 6.54 Å². The molecule has 2 aliphatic rings. The third-order valence-corrected chi connectivity index (χ3v) is 6.06. The lowest BCUT2D eigenvalue weighted by Crippen LogP contribution is -2.46. The first-order valence-electron chi connectivity index (χ1n) is 8.30. The minimum atomic E-state index is -0.301. The van der Waals surface area contributed by atoms with E-state index >= 15 is 0 Å². The molecule has 2 aromatic heterocycles. The largest absolute Gasteiger partial charge is 0.396 e. The van der Waals surface area contributed by atoms with E-state index in [2.05, 4.69) is 28.3 Å². The quantitative estimate of drug-likeness (QED) is 0.869. The molecule has 2 amide bonds. The molecular weight excluding hydrogens is 338 g/mol. The van der Waals surface area contributed by atoms with Gasteiger partial charge in [-0.2, -0.15) is 0 Å². The van der Waals surface area contributed by atoms with Gasteiger partial charge in [-0.1, -0.05) is 6.92 Å². The number of amides is 2. The Kier molecular flexibility index (Phi) is 3.72. The SMILES string of the molecule is CCc1cc2c(s1)C(=O)N(CC(=O)Nc1ncc(N)cn1)CC21CC1. The molecule has 1 saturated carbocycles. The molecule has 0 unspecified atom stereocenters. The van der Waals surface area contributed by atoms with Crippen LogP contribution in [-0.4, -0.2) is 39.8 Å². The average Bonchev–Trinajstić information content (AvgIpc) is 3.21. The number of nitrogens with zero attached hydrogens (tertiary/aromatic N) is 3. The zero-order valence-electron chi connectivity index (χ0n) is 13.9. The van der Waals surface area contributed by atoms with Crippen molar-refractivity contribution in [3.8, 4) is 0 Å². The Bertz CT molecular complexity index is 841. The first-order chi connectivity index (χ1) is 12.0. The average molecular weight is 357 g/mol. The minimum absolute atomic E-state index is 0.00706. The van der Waals surface area contributed by atoms with Gasteiger partial charge in [0.15, 0.2) is 0 Å². The van der Waals surface area contributed by atoms with Crippen molar-refractivity contribution in [1.29, 1.82) is 0 Å². The second-order valence-electron chi connectivity index (χ2n) is 6.64. The summed E-state index contributed by atoms with van der Waals surface area (Å²) in [5.74, 6) is -0.162. The van der Waals surface area contributed by atoms with Gasteiger partial charge in [-0.15, -0.1) is 11.3 Å². The van der Waals surface area contributed by atoms with Gasteiger partial charge >= 0.3 is 0 Å². The van der Waals surface area contributed by atoms with Gasteiger partial charge in [-0.25, -0.2) is 9.97 Å². The number of aryl methyl sites for hydroxylation is 1. The molecule has 4 rings (SSSR count). The Balaban J connectivity index is 1.50. The number of hydrogen-bond acceptors (Lipinski definition) is 6. The summed E-state index contributed by atoms with van der Waals surface area (Å²) in [5.41, 5.74) is 7.21. The highest BCUT2D eigenvalue weighted by atomic mass is 32.1. The van der Waals surface area contributed by atoms with E-state index in [0.717, 1.165) is 24.1 Å². The number of aromatic nitrogens is 2. The number of nitrogen functional groups attached to an aromatic ring is 1. The van der Waals surface area contributed by atoms with Gasteiger partial charge in [0, 0.05) is 16.8 Å². The van der Waals surface area contributed by atoms with Crippen LogP contribution in [0.15, 0.2) is 18.5 Å². The van der Waals surface area contributed by atoms with Crippen molar-refractivity contribution in [1.82, 2.24) is 14.9 Å². The van der Waals surface area contributed by atoms with Crippen LogP contribution in [0, 0.1) is 0 Å². The zero-order valence-corrected chi connectivity index (χ0v) is 14.7. The summed E-state index contributed by atoms with van der Waals surface area (Å²) in [7, 11) is 0. The van der Waals surface area contributed by atoms with E-state index in [0.29, 0.717) is 12.2 Å². The van der Waals surface area contributed by atoms with E-state index in [9.17, 15) is 9.59 Å². The summed E-state index contributed by atoms with van der Waals surface area (Å²) < 4.78 is 0. The van der Waals surface area contributed by atoms with Crippen LogP contribution in [0.2, 0.25) is 0 Å². The summed E-state index contributed by atoms with van der Waals surface area (Å²) >= 11 is 1.56. The number of thiophene rings is 1. The van der Waals surface area contributed by atoms with Crippen molar-refractivity contribution in [3.05, 3.63) is 33.8 Å². The van der Waals surface area contributed by atoms with Gasteiger partial charge in [-0.3, -0.25) is 14.9 Å². The Morgan fingerprint density at radius 1 is 1.40 bits per heavy atom. The maximum absolute atomic E-state index is 12.8. The van der Waals surface area contributed by atoms with Gasteiger partial charge in [0.05, 0.1) is 23.0 Å². The van der Waals surface area contributed by atoms with Crippen LogP contribution in [0.25, 0.3) is 0 Å². The van der Waals surface area contributed by atoms with E-state index in [4.69, 9.17) is 5.73 Å². The minimum Gasteiger partial charge on any atom is -0.396 e. The zero-order chi connectivity index (χ0) is 17.6. The highest BCUT2D eigenvalue weighted by Gasteiger charge is 2.52. The van der Waals surface area contributed by atoms with Crippen molar-refractivity contribution in [2.45, 2.75) is 31.6 Å². The smallest absolute Gasteiger partial charge is 0.264 e. The van der Waals surface area contributed by atoms with Crippen LogP contribution in [-0.2, 0) is 16.6 Å². The molecule has 2 aromatic rings. The lowest BCUT2D eigenvalue weighted by atomic mass is 9.91. The third kappa shape index (κ3) is 2.86. The number of fused-ring (bicyclic) bond motifs is 2. The first kappa shape index (κ1) is 16.0. The lowest BCUT2D eigenvalue weighted by Gasteiger charge is -2.32. The Hall–Kier alpha value is -2.48.